The van der Waals surface area contributed by atoms with Crippen molar-refractivity contribution >= 4 is 0 Å². The molecule has 1 aliphatic heterocycles. The molecule has 0 radical (unpaired) electrons. The summed E-state index contributed by atoms with van der Waals surface area (Å²) < 4.78 is 5.98. The predicted octanol–water partition coefficient (Wildman–Crippen LogP) is 2.12. The molecule has 3 nitrogen and oxygen atoms in total. The van der Waals surface area contributed by atoms with Crippen molar-refractivity contribution in [3.63, 3.8) is 0 Å². The van der Waals surface area contributed by atoms with Crippen LogP contribution in [0.5, 0.6) is 0 Å². The average Bonchev–Trinajstić information content (AvgIpc) is 2.14. The quantitative estimate of drug-likeness (QED) is 0.799. The smallest absolute Gasteiger partial charge is 0.0757 e. The second-order valence-electron chi connectivity index (χ2n) is 6.24. The van der Waals surface area contributed by atoms with E-state index in [9.17, 15) is 0 Å². The molecule has 1 rings (SSSR count). The Morgan fingerprint density at radius 3 is 2.53 bits per heavy atom. The van der Waals surface area contributed by atoms with Gasteiger partial charge in [0.2, 0.25) is 0 Å². The molecule has 1 heterocycles. The molecule has 0 spiro atoms. The van der Waals surface area contributed by atoms with Gasteiger partial charge in [0.25, 0.3) is 0 Å². The molecule has 1 aliphatic rings. The first-order valence-electron chi connectivity index (χ1n) is 6.98. The van der Waals surface area contributed by atoms with Gasteiger partial charge in [-0.25, -0.2) is 0 Å². The molecule has 17 heavy (non-hydrogen) atoms. The summed E-state index contributed by atoms with van der Waals surface area (Å²) in [4.78, 5) is 2.60. The van der Waals surface area contributed by atoms with Crippen molar-refractivity contribution in [1.29, 1.82) is 0 Å². The molecule has 0 bridgehead atoms. The number of morpholine rings is 1. The van der Waals surface area contributed by atoms with E-state index in [0.29, 0.717) is 18.1 Å². The van der Waals surface area contributed by atoms with Gasteiger partial charge in [0.05, 0.1) is 11.7 Å². The van der Waals surface area contributed by atoms with E-state index in [4.69, 9.17) is 4.74 Å². The SMILES string of the molecule is CCNCC(C(C)C)N1CC(C)OC(C)(C)C1. The fourth-order valence-electron chi connectivity index (χ4n) is 2.83. The Bertz CT molecular complexity index is 228. The molecule has 2 atom stereocenters. The van der Waals surface area contributed by atoms with Gasteiger partial charge >= 0.3 is 0 Å². The van der Waals surface area contributed by atoms with E-state index >= 15 is 0 Å². The fourth-order valence-corrected chi connectivity index (χ4v) is 2.83. The summed E-state index contributed by atoms with van der Waals surface area (Å²) in [5, 5.41) is 3.49. The van der Waals surface area contributed by atoms with Crippen LogP contribution in [0.3, 0.4) is 0 Å². The van der Waals surface area contributed by atoms with E-state index in [-0.39, 0.29) is 5.60 Å². The van der Waals surface area contributed by atoms with Crippen molar-refractivity contribution in [2.75, 3.05) is 26.2 Å². The molecule has 2 unspecified atom stereocenters. The maximum atomic E-state index is 5.98. The second-order valence-corrected chi connectivity index (χ2v) is 6.24. The number of nitrogens with zero attached hydrogens (tertiary/aromatic N) is 1. The number of hydrogen-bond donors (Lipinski definition) is 1. The van der Waals surface area contributed by atoms with Gasteiger partial charge in [-0.05, 0) is 33.2 Å². The summed E-state index contributed by atoms with van der Waals surface area (Å²) in [5.41, 5.74) is -0.0168. The van der Waals surface area contributed by atoms with Crippen LogP contribution in [0.2, 0.25) is 0 Å². The zero-order valence-electron chi connectivity index (χ0n) is 12.4. The molecule has 1 N–H and O–H groups in total. The minimum Gasteiger partial charge on any atom is -0.370 e. The zero-order chi connectivity index (χ0) is 13.1. The van der Waals surface area contributed by atoms with E-state index in [0.717, 1.165) is 26.2 Å². The number of nitrogens with one attached hydrogen (secondary N) is 1. The van der Waals surface area contributed by atoms with Crippen molar-refractivity contribution < 1.29 is 4.74 Å². The highest BCUT2D eigenvalue weighted by molar-refractivity contribution is 4.88. The molecule has 0 aromatic heterocycles. The van der Waals surface area contributed by atoms with Crippen molar-refractivity contribution in [3.05, 3.63) is 0 Å². The van der Waals surface area contributed by atoms with Gasteiger partial charge in [-0.2, -0.15) is 0 Å². The van der Waals surface area contributed by atoms with Crippen LogP contribution >= 0.6 is 0 Å². The lowest BCUT2D eigenvalue weighted by atomic mass is 9.97. The number of rotatable bonds is 5. The lowest BCUT2D eigenvalue weighted by molar-refractivity contribution is -0.141. The standard InChI is InChI=1S/C14H30N2O/c1-7-15-8-13(11(2)3)16-9-12(4)17-14(5,6)10-16/h11-13,15H,7-10H2,1-6H3. The highest BCUT2D eigenvalue weighted by Gasteiger charge is 2.35. The summed E-state index contributed by atoms with van der Waals surface area (Å²) >= 11 is 0. The van der Waals surface area contributed by atoms with E-state index in [1.54, 1.807) is 0 Å². The molecule has 1 fully saturated rings. The Labute approximate surface area is 107 Å². The molecular weight excluding hydrogens is 212 g/mol. The third-order valence-electron chi connectivity index (χ3n) is 3.44. The van der Waals surface area contributed by atoms with E-state index in [1.807, 2.05) is 0 Å². The van der Waals surface area contributed by atoms with Gasteiger partial charge in [-0.3, -0.25) is 4.90 Å². The third kappa shape index (κ3) is 4.57. The number of ether oxygens (including phenoxy) is 1. The molecule has 1 saturated heterocycles. The van der Waals surface area contributed by atoms with Crippen molar-refractivity contribution in [2.45, 2.75) is 59.3 Å². The first kappa shape index (κ1) is 14.9. The fraction of sp³-hybridized carbons (Fsp3) is 1.00. The highest BCUT2D eigenvalue weighted by atomic mass is 16.5. The van der Waals surface area contributed by atoms with Gasteiger partial charge in [-0.1, -0.05) is 20.8 Å². The van der Waals surface area contributed by atoms with Crippen LogP contribution in [0.4, 0.5) is 0 Å². The van der Waals surface area contributed by atoms with Crippen LogP contribution in [-0.2, 0) is 4.74 Å². The van der Waals surface area contributed by atoms with E-state index < -0.39 is 0 Å². The molecule has 0 amide bonds. The van der Waals surface area contributed by atoms with Gasteiger partial charge in [0, 0.05) is 25.7 Å². The number of likely N-dealkylation sites (N-methyl/N-ethyl adjacent to an activating group) is 1. The topological polar surface area (TPSA) is 24.5 Å². The summed E-state index contributed by atoms with van der Waals surface area (Å²) in [6, 6.07) is 0.612. The number of hydrogen-bond acceptors (Lipinski definition) is 3. The van der Waals surface area contributed by atoms with Crippen LogP contribution in [-0.4, -0.2) is 48.8 Å². The molecule has 0 aliphatic carbocycles. The highest BCUT2D eigenvalue weighted by Crippen LogP contribution is 2.24. The van der Waals surface area contributed by atoms with Gasteiger partial charge < -0.3 is 10.1 Å². The minimum atomic E-state index is -0.0168. The van der Waals surface area contributed by atoms with Crippen LogP contribution in [0, 0.1) is 5.92 Å². The van der Waals surface area contributed by atoms with Crippen molar-refractivity contribution in [2.24, 2.45) is 5.92 Å². The lowest BCUT2D eigenvalue weighted by Crippen LogP contribution is -2.58. The van der Waals surface area contributed by atoms with Crippen LogP contribution in [0.15, 0.2) is 0 Å². The van der Waals surface area contributed by atoms with Gasteiger partial charge in [0.1, 0.15) is 0 Å². The normalized spacial score (nSPS) is 27.4. The van der Waals surface area contributed by atoms with Crippen LogP contribution in [0.25, 0.3) is 0 Å². The monoisotopic (exact) mass is 242 g/mol. The maximum absolute atomic E-state index is 5.98. The third-order valence-corrected chi connectivity index (χ3v) is 3.44. The predicted molar refractivity (Wildman–Crippen MR) is 73.4 cm³/mol. The first-order chi connectivity index (χ1) is 7.85. The molecule has 0 saturated carbocycles. The lowest BCUT2D eigenvalue weighted by Gasteiger charge is -2.46. The first-order valence-corrected chi connectivity index (χ1v) is 6.98. The van der Waals surface area contributed by atoms with Gasteiger partial charge in [0.15, 0.2) is 0 Å². The largest absolute Gasteiger partial charge is 0.370 e. The molecule has 102 valence electrons. The van der Waals surface area contributed by atoms with Crippen molar-refractivity contribution in [3.8, 4) is 0 Å². The Balaban J connectivity index is 2.66. The Kier molecular flexibility index (Phi) is 5.42. The molecular formula is C14H30N2O. The molecule has 3 heteroatoms. The van der Waals surface area contributed by atoms with E-state index in [1.165, 1.54) is 0 Å². The Morgan fingerprint density at radius 2 is 2.06 bits per heavy atom. The van der Waals surface area contributed by atoms with Crippen molar-refractivity contribution in [1.82, 2.24) is 10.2 Å². The summed E-state index contributed by atoms with van der Waals surface area (Å²) in [6.45, 7) is 17.6. The van der Waals surface area contributed by atoms with Crippen LogP contribution < -0.4 is 5.32 Å². The Morgan fingerprint density at radius 1 is 1.41 bits per heavy atom. The molecule has 0 aromatic rings. The summed E-state index contributed by atoms with van der Waals surface area (Å²) in [5.74, 6) is 0.676. The molecule has 0 aromatic carbocycles. The van der Waals surface area contributed by atoms with Gasteiger partial charge in [-0.15, -0.1) is 0 Å². The van der Waals surface area contributed by atoms with Crippen LogP contribution in [0.1, 0.15) is 41.5 Å². The Hall–Kier alpha value is -0.120. The second kappa shape index (κ2) is 6.17. The minimum absolute atomic E-state index is 0.0168. The summed E-state index contributed by atoms with van der Waals surface area (Å²) in [6.07, 6.45) is 0.335. The average molecular weight is 242 g/mol. The summed E-state index contributed by atoms with van der Waals surface area (Å²) in [7, 11) is 0. The maximum Gasteiger partial charge on any atom is 0.0757 e. The van der Waals surface area contributed by atoms with E-state index in [2.05, 4.69) is 51.8 Å². The zero-order valence-corrected chi connectivity index (χ0v) is 12.4.